The molecule has 0 aromatic carbocycles. The van der Waals surface area contributed by atoms with Gasteiger partial charge in [-0.15, -0.1) is 0 Å². The highest BCUT2D eigenvalue weighted by Crippen LogP contribution is 2.29. The zero-order valence-electron chi connectivity index (χ0n) is 36.9. The Morgan fingerprint density at radius 2 is 0.900 bits per heavy atom. The number of allylic oxidation sites excluding steroid dienone is 2. The molecule has 0 unspecified atom stereocenters. The largest absolute Gasteiger partial charge is 0.481 e. The van der Waals surface area contributed by atoms with Crippen molar-refractivity contribution in [3.63, 3.8) is 0 Å². The fraction of sp³-hybridized carbons (Fsp3) is 0.826. The van der Waals surface area contributed by atoms with Crippen LogP contribution in [0.5, 0.6) is 0 Å². The van der Waals surface area contributed by atoms with Gasteiger partial charge in [-0.05, 0) is 38.5 Å². The van der Waals surface area contributed by atoms with E-state index in [1.165, 1.54) is 83.5 Å². The molecular formula is C46H79NO13. The predicted octanol–water partition coefficient (Wildman–Crippen LogP) is 9.02. The van der Waals surface area contributed by atoms with Crippen LogP contribution < -0.4 is 5.32 Å². The number of ether oxygens (including phenoxy) is 4. The van der Waals surface area contributed by atoms with Crippen molar-refractivity contribution in [1.82, 2.24) is 5.32 Å². The average molecular weight is 854 g/mol. The van der Waals surface area contributed by atoms with E-state index < -0.39 is 98.7 Å². The third-order valence-corrected chi connectivity index (χ3v) is 10.7. The standard InChI is InChI=1S/C46H79NO13/c1-3-5-7-9-11-13-15-16-17-18-20-21-23-25-27-29-37(49)47-43-45(59-40(54)30-28-26-24-22-19-14-12-10-8-6-4-2)44(58-41(55)33-31-38(50)51)36(35-48)57-46(43)60-42(56)34-32-39(52)53/h17-18,36,43-46,48H,3-16,19-35H2,1-2H3,(H,47,49)(H,50,51)(H,52,53)/b18-17-/t36-,43-,44-,45-,46+/m1/s1. The van der Waals surface area contributed by atoms with Crippen molar-refractivity contribution < 1.29 is 63.0 Å². The highest BCUT2D eigenvalue weighted by atomic mass is 16.7. The van der Waals surface area contributed by atoms with Gasteiger partial charge in [0.1, 0.15) is 12.1 Å². The minimum Gasteiger partial charge on any atom is -0.481 e. The van der Waals surface area contributed by atoms with Crippen LogP contribution in [0, 0.1) is 0 Å². The molecule has 60 heavy (non-hydrogen) atoms. The lowest BCUT2D eigenvalue weighted by atomic mass is 9.95. The van der Waals surface area contributed by atoms with Gasteiger partial charge in [0.25, 0.3) is 0 Å². The van der Waals surface area contributed by atoms with Crippen molar-refractivity contribution in [3.8, 4) is 0 Å². The first-order chi connectivity index (χ1) is 29.0. The van der Waals surface area contributed by atoms with Crippen LogP contribution in [0.25, 0.3) is 0 Å². The van der Waals surface area contributed by atoms with Crippen molar-refractivity contribution >= 4 is 35.8 Å². The number of carbonyl (C=O) groups is 6. The highest BCUT2D eigenvalue weighted by Gasteiger charge is 2.52. The van der Waals surface area contributed by atoms with Gasteiger partial charge in [-0.3, -0.25) is 28.8 Å². The summed E-state index contributed by atoms with van der Waals surface area (Å²) in [5, 5.41) is 31.2. The number of rotatable bonds is 38. The lowest BCUT2D eigenvalue weighted by molar-refractivity contribution is -0.271. The molecule has 0 aliphatic carbocycles. The topological polar surface area (TPSA) is 212 Å². The Labute approximate surface area is 359 Å². The lowest BCUT2D eigenvalue weighted by Gasteiger charge is -2.44. The molecule has 1 aliphatic heterocycles. The predicted molar refractivity (Wildman–Crippen MR) is 228 cm³/mol. The fourth-order valence-corrected chi connectivity index (χ4v) is 7.16. The summed E-state index contributed by atoms with van der Waals surface area (Å²) in [5.41, 5.74) is 0. The molecule has 1 fully saturated rings. The van der Waals surface area contributed by atoms with E-state index in [2.05, 4.69) is 31.3 Å². The molecule has 346 valence electrons. The molecule has 4 N–H and O–H groups in total. The summed E-state index contributed by atoms with van der Waals surface area (Å²) >= 11 is 0. The molecule has 0 bridgehead atoms. The SMILES string of the molecule is CCCCCCCCC/C=C\CCCCCCC(=O)N[C@H]1[C@H](OC(=O)CCC(=O)O)O[C@H](CO)[C@@H](OC(=O)CCC(=O)O)[C@@H]1OC(=O)CCCCCCCCCCCCC. The second-order valence-corrected chi connectivity index (χ2v) is 16.1. The van der Waals surface area contributed by atoms with Crippen molar-refractivity contribution in [1.29, 1.82) is 0 Å². The van der Waals surface area contributed by atoms with Gasteiger partial charge in [0.15, 0.2) is 12.2 Å². The molecule has 0 radical (unpaired) electrons. The zero-order valence-corrected chi connectivity index (χ0v) is 36.9. The van der Waals surface area contributed by atoms with Crippen molar-refractivity contribution in [2.45, 2.75) is 237 Å². The maximum Gasteiger partial charge on any atom is 0.308 e. The van der Waals surface area contributed by atoms with E-state index in [1.54, 1.807) is 0 Å². The summed E-state index contributed by atoms with van der Waals surface area (Å²) in [5.74, 6) is -5.57. The number of hydrogen-bond donors (Lipinski definition) is 4. The Morgan fingerprint density at radius 3 is 1.37 bits per heavy atom. The molecule has 1 saturated heterocycles. The normalized spacial score (nSPS) is 18.9. The monoisotopic (exact) mass is 854 g/mol. The van der Waals surface area contributed by atoms with Gasteiger partial charge >= 0.3 is 29.8 Å². The van der Waals surface area contributed by atoms with Crippen molar-refractivity contribution in [2.24, 2.45) is 0 Å². The van der Waals surface area contributed by atoms with Gasteiger partial charge in [0.2, 0.25) is 12.2 Å². The summed E-state index contributed by atoms with van der Waals surface area (Å²) in [6.45, 7) is 3.63. The number of unbranched alkanes of at least 4 members (excludes halogenated alkanes) is 21. The van der Waals surface area contributed by atoms with Crippen molar-refractivity contribution in [3.05, 3.63) is 12.2 Å². The summed E-state index contributed by atoms with van der Waals surface area (Å²) in [4.78, 5) is 74.6. The first-order valence-corrected chi connectivity index (χ1v) is 23.2. The molecule has 14 nitrogen and oxygen atoms in total. The number of carboxylic acids is 2. The summed E-state index contributed by atoms with van der Waals surface area (Å²) < 4.78 is 22.7. The minimum atomic E-state index is -1.64. The van der Waals surface area contributed by atoms with Crippen LogP contribution >= 0.6 is 0 Å². The van der Waals surface area contributed by atoms with Gasteiger partial charge in [-0.1, -0.05) is 142 Å². The number of amides is 1. The Bertz CT molecular complexity index is 1220. The van der Waals surface area contributed by atoms with Gasteiger partial charge in [-0.2, -0.15) is 0 Å². The van der Waals surface area contributed by atoms with Crippen LogP contribution in [0.3, 0.4) is 0 Å². The maximum absolute atomic E-state index is 13.4. The van der Waals surface area contributed by atoms with E-state index in [-0.39, 0.29) is 12.8 Å². The average Bonchev–Trinajstić information content (AvgIpc) is 3.21. The van der Waals surface area contributed by atoms with Crippen LogP contribution in [-0.2, 0) is 47.7 Å². The third kappa shape index (κ3) is 28.1. The van der Waals surface area contributed by atoms with Gasteiger partial charge in [-0.25, -0.2) is 0 Å². The highest BCUT2D eigenvalue weighted by molar-refractivity contribution is 5.78. The molecule has 1 aliphatic rings. The molecule has 1 rings (SSSR count). The molecule has 0 aromatic heterocycles. The first kappa shape index (κ1) is 54.5. The number of aliphatic carboxylic acids is 2. The minimum absolute atomic E-state index is 0.00981. The quantitative estimate of drug-likeness (QED) is 0.0198. The van der Waals surface area contributed by atoms with E-state index in [9.17, 15) is 33.9 Å². The van der Waals surface area contributed by atoms with Crippen LogP contribution in [-0.4, -0.2) is 88.3 Å². The molecule has 1 amide bonds. The first-order valence-electron chi connectivity index (χ1n) is 23.2. The Balaban J connectivity index is 2.94. The smallest absolute Gasteiger partial charge is 0.308 e. The molecule has 5 atom stereocenters. The van der Waals surface area contributed by atoms with Crippen LogP contribution in [0.4, 0.5) is 0 Å². The van der Waals surface area contributed by atoms with Crippen LogP contribution in [0.2, 0.25) is 0 Å². The zero-order chi connectivity index (χ0) is 44.2. The van der Waals surface area contributed by atoms with E-state index >= 15 is 0 Å². The van der Waals surface area contributed by atoms with Crippen LogP contribution in [0.15, 0.2) is 12.2 Å². The van der Waals surface area contributed by atoms with Gasteiger partial charge < -0.3 is 39.6 Å². The van der Waals surface area contributed by atoms with E-state index in [0.717, 1.165) is 57.8 Å². The lowest BCUT2D eigenvalue weighted by Crippen LogP contribution is -2.67. The van der Waals surface area contributed by atoms with Gasteiger partial charge in [0.05, 0.1) is 32.3 Å². The molecule has 14 heteroatoms. The molecule has 0 saturated carbocycles. The number of nitrogens with one attached hydrogen (secondary N) is 1. The van der Waals surface area contributed by atoms with Crippen LogP contribution in [0.1, 0.15) is 206 Å². The summed E-state index contributed by atoms with van der Waals surface area (Å²) in [6, 6.07) is -1.41. The second kappa shape index (κ2) is 36.2. The number of carbonyl (C=O) groups excluding carboxylic acids is 4. The maximum atomic E-state index is 13.4. The summed E-state index contributed by atoms with van der Waals surface area (Å²) in [7, 11) is 0. The Hall–Kier alpha value is -3.52. The molecule has 0 spiro atoms. The number of hydrogen-bond acceptors (Lipinski definition) is 11. The van der Waals surface area contributed by atoms with Crippen molar-refractivity contribution in [2.75, 3.05) is 6.61 Å². The molecular weight excluding hydrogens is 774 g/mol. The number of aliphatic hydroxyl groups excluding tert-OH is 1. The number of carboxylic acid groups (broad SMARTS) is 2. The molecule has 1 heterocycles. The number of esters is 3. The fourth-order valence-electron chi connectivity index (χ4n) is 7.16. The Morgan fingerprint density at radius 1 is 0.500 bits per heavy atom. The number of aliphatic hydroxyl groups is 1. The molecule has 0 aromatic rings. The third-order valence-electron chi connectivity index (χ3n) is 10.7. The van der Waals surface area contributed by atoms with E-state index in [0.29, 0.717) is 12.8 Å². The Kier molecular flexibility index (Phi) is 32.8. The second-order valence-electron chi connectivity index (χ2n) is 16.1. The van der Waals surface area contributed by atoms with Gasteiger partial charge in [0, 0.05) is 12.8 Å². The summed E-state index contributed by atoms with van der Waals surface area (Å²) in [6.07, 6.45) is 22.4. The van der Waals surface area contributed by atoms with E-state index in [4.69, 9.17) is 29.2 Å². The van der Waals surface area contributed by atoms with E-state index in [1.807, 2.05) is 0 Å².